The Hall–Kier alpha value is -0.860. The van der Waals surface area contributed by atoms with Crippen LogP contribution in [0.15, 0.2) is 18.2 Å². The van der Waals surface area contributed by atoms with Crippen molar-refractivity contribution in [1.29, 1.82) is 0 Å². The van der Waals surface area contributed by atoms with Gasteiger partial charge in [0.1, 0.15) is 0 Å². The number of hydrogen-bond acceptors (Lipinski definition) is 2. The van der Waals surface area contributed by atoms with Crippen LogP contribution in [0.4, 0.5) is 0 Å². The third-order valence-electron chi connectivity index (χ3n) is 4.71. The number of nitrogens with two attached hydrogens (primary N) is 1. The van der Waals surface area contributed by atoms with Crippen molar-refractivity contribution in [3.05, 3.63) is 34.9 Å². The Morgan fingerprint density at radius 2 is 1.80 bits per heavy atom. The summed E-state index contributed by atoms with van der Waals surface area (Å²) in [4.78, 5) is 0. The number of benzene rings is 1. The smallest absolute Gasteiger partial charge is 0.0874 e. The molecule has 0 spiro atoms. The second kappa shape index (κ2) is 6.73. The summed E-state index contributed by atoms with van der Waals surface area (Å²) in [6.07, 6.45) is 7.28. The van der Waals surface area contributed by atoms with Gasteiger partial charge in [0, 0.05) is 6.61 Å². The van der Waals surface area contributed by atoms with Crippen LogP contribution < -0.4 is 5.73 Å². The SMILES string of the molecule is CCOC1(C(N)c2ccc(C)cc2C)CCCCCC1. The molecule has 1 saturated carbocycles. The Morgan fingerprint density at radius 3 is 2.35 bits per heavy atom. The van der Waals surface area contributed by atoms with Gasteiger partial charge in [0.05, 0.1) is 11.6 Å². The van der Waals surface area contributed by atoms with Crippen LogP contribution in [0.3, 0.4) is 0 Å². The van der Waals surface area contributed by atoms with Gasteiger partial charge in [0.25, 0.3) is 0 Å². The molecule has 1 aromatic rings. The fourth-order valence-corrected chi connectivity index (χ4v) is 3.62. The zero-order valence-electron chi connectivity index (χ0n) is 13.2. The van der Waals surface area contributed by atoms with Gasteiger partial charge in [-0.15, -0.1) is 0 Å². The van der Waals surface area contributed by atoms with Gasteiger partial charge >= 0.3 is 0 Å². The van der Waals surface area contributed by atoms with Crippen molar-refractivity contribution in [2.45, 2.75) is 70.9 Å². The first-order chi connectivity index (χ1) is 9.59. The molecular weight excluding hydrogens is 246 g/mol. The molecule has 0 aromatic heterocycles. The predicted octanol–water partition coefficient (Wildman–Crippen LogP) is 4.43. The quantitative estimate of drug-likeness (QED) is 0.825. The summed E-state index contributed by atoms with van der Waals surface area (Å²) < 4.78 is 6.23. The van der Waals surface area contributed by atoms with E-state index in [-0.39, 0.29) is 11.6 Å². The lowest BCUT2D eigenvalue weighted by atomic mass is 9.81. The average molecular weight is 275 g/mol. The van der Waals surface area contributed by atoms with Crippen molar-refractivity contribution in [2.75, 3.05) is 6.61 Å². The number of aryl methyl sites for hydroxylation is 2. The summed E-state index contributed by atoms with van der Waals surface area (Å²) in [5.74, 6) is 0. The lowest BCUT2D eigenvalue weighted by molar-refractivity contribution is -0.0697. The van der Waals surface area contributed by atoms with Crippen molar-refractivity contribution in [3.8, 4) is 0 Å². The predicted molar refractivity (Wildman–Crippen MR) is 84.9 cm³/mol. The van der Waals surface area contributed by atoms with Crippen molar-refractivity contribution >= 4 is 0 Å². The fourth-order valence-electron chi connectivity index (χ4n) is 3.62. The normalized spacial score (nSPS) is 20.4. The molecule has 0 heterocycles. The van der Waals surface area contributed by atoms with Gasteiger partial charge in [-0.3, -0.25) is 0 Å². The van der Waals surface area contributed by atoms with E-state index >= 15 is 0 Å². The monoisotopic (exact) mass is 275 g/mol. The fraction of sp³-hybridized carbons (Fsp3) is 0.667. The van der Waals surface area contributed by atoms with Crippen LogP contribution in [0.1, 0.15) is 68.2 Å². The molecule has 1 unspecified atom stereocenters. The van der Waals surface area contributed by atoms with Crippen molar-refractivity contribution in [1.82, 2.24) is 0 Å². The molecular formula is C18H29NO. The Labute approximate surface area is 123 Å². The molecule has 1 aliphatic rings. The number of rotatable bonds is 4. The van der Waals surface area contributed by atoms with E-state index in [1.165, 1.54) is 42.4 Å². The molecule has 2 nitrogen and oxygen atoms in total. The van der Waals surface area contributed by atoms with Crippen molar-refractivity contribution in [2.24, 2.45) is 5.73 Å². The van der Waals surface area contributed by atoms with Gasteiger partial charge in [-0.2, -0.15) is 0 Å². The van der Waals surface area contributed by atoms with Gasteiger partial charge in [-0.1, -0.05) is 49.4 Å². The minimum Gasteiger partial charge on any atom is -0.373 e. The number of hydrogen-bond donors (Lipinski definition) is 1. The van der Waals surface area contributed by atoms with Crippen LogP contribution in [-0.2, 0) is 4.74 Å². The molecule has 0 amide bonds. The van der Waals surface area contributed by atoms with E-state index in [0.29, 0.717) is 0 Å². The average Bonchev–Trinajstić information content (AvgIpc) is 2.65. The van der Waals surface area contributed by atoms with Gasteiger partial charge in [-0.25, -0.2) is 0 Å². The van der Waals surface area contributed by atoms with Crippen LogP contribution in [0.25, 0.3) is 0 Å². The van der Waals surface area contributed by atoms with Gasteiger partial charge in [0.2, 0.25) is 0 Å². The lowest BCUT2D eigenvalue weighted by Gasteiger charge is -2.39. The Bertz CT molecular complexity index is 433. The maximum absolute atomic E-state index is 6.69. The summed E-state index contributed by atoms with van der Waals surface area (Å²) in [7, 11) is 0. The van der Waals surface area contributed by atoms with E-state index < -0.39 is 0 Å². The zero-order valence-corrected chi connectivity index (χ0v) is 13.2. The summed E-state index contributed by atoms with van der Waals surface area (Å²) in [5, 5.41) is 0. The third kappa shape index (κ3) is 3.24. The molecule has 0 saturated heterocycles. The molecule has 20 heavy (non-hydrogen) atoms. The molecule has 2 N–H and O–H groups in total. The molecule has 1 atom stereocenters. The minimum atomic E-state index is -0.161. The molecule has 2 heteroatoms. The van der Waals surface area contributed by atoms with Crippen LogP contribution in [-0.4, -0.2) is 12.2 Å². The van der Waals surface area contributed by atoms with Crippen molar-refractivity contribution in [3.63, 3.8) is 0 Å². The second-order valence-corrected chi connectivity index (χ2v) is 6.25. The van der Waals surface area contributed by atoms with Gasteiger partial charge in [-0.05, 0) is 44.7 Å². The van der Waals surface area contributed by atoms with E-state index in [9.17, 15) is 0 Å². The highest BCUT2D eigenvalue weighted by molar-refractivity contribution is 5.34. The van der Waals surface area contributed by atoms with Gasteiger partial charge in [0.15, 0.2) is 0 Å². The van der Waals surface area contributed by atoms with Crippen LogP contribution in [0.5, 0.6) is 0 Å². The van der Waals surface area contributed by atoms with Gasteiger partial charge < -0.3 is 10.5 Å². The lowest BCUT2D eigenvalue weighted by Crippen LogP contribution is -2.44. The van der Waals surface area contributed by atoms with E-state index in [1.54, 1.807) is 0 Å². The Kier molecular flexibility index (Phi) is 5.22. The molecule has 1 aliphatic carbocycles. The minimum absolute atomic E-state index is 0.0128. The summed E-state index contributed by atoms with van der Waals surface area (Å²) in [6.45, 7) is 7.13. The van der Waals surface area contributed by atoms with Crippen LogP contribution in [0, 0.1) is 13.8 Å². The highest BCUT2D eigenvalue weighted by atomic mass is 16.5. The number of ether oxygens (including phenoxy) is 1. The molecule has 0 radical (unpaired) electrons. The van der Waals surface area contributed by atoms with E-state index in [1.807, 2.05) is 0 Å². The molecule has 1 aromatic carbocycles. The molecule has 112 valence electrons. The molecule has 0 bridgehead atoms. The first-order valence-electron chi connectivity index (χ1n) is 8.06. The highest BCUT2D eigenvalue weighted by Crippen LogP contribution is 2.40. The first-order valence-corrected chi connectivity index (χ1v) is 8.06. The Morgan fingerprint density at radius 1 is 1.15 bits per heavy atom. The maximum Gasteiger partial charge on any atom is 0.0874 e. The van der Waals surface area contributed by atoms with Crippen LogP contribution in [0.2, 0.25) is 0 Å². The van der Waals surface area contributed by atoms with Crippen molar-refractivity contribution < 1.29 is 4.74 Å². The largest absolute Gasteiger partial charge is 0.373 e. The zero-order chi connectivity index (χ0) is 14.6. The third-order valence-corrected chi connectivity index (χ3v) is 4.71. The second-order valence-electron chi connectivity index (χ2n) is 6.25. The van der Waals surface area contributed by atoms with E-state index in [0.717, 1.165) is 19.4 Å². The summed E-state index contributed by atoms with van der Waals surface area (Å²) >= 11 is 0. The highest BCUT2D eigenvalue weighted by Gasteiger charge is 2.39. The van der Waals surface area contributed by atoms with Crippen LogP contribution >= 0.6 is 0 Å². The summed E-state index contributed by atoms with van der Waals surface area (Å²) in [5.41, 5.74) is 10.4. The Balaban J connectivity index is 2.31. The molecule has 1 fully saturated rings. The first kappa shape index (κ1) is 15.5. The molecule has 0 aliphatic heterocycles. The van der Waals surface area contributed by atoms with E-state index in [2.05, 4.69) is 39.0 Å². The summed E-state index contributed by atoms with van der Waals surface area (Å²) in [6, 6.07) is 6.58. The standard InChI is InChI=1S/C18H29NO/c1-4-20-18(11-7-5-6-8-12-18)17(19)16-10-9-14(2)13-15(16)3/h9-10,13,17H,4-8,11-12,19H2,1-3H3. The maximum atomic E-state index is 6.69. The topological polar surface area (TPSA) is 35.2 Å². The van der Waals surface area contributed by atoms with E-state index in [4.69, 9.17) is 10.5 Å². The molecule has 2 rings (SSSR count).